The summed E-state index contributed by atoms with van der Waals surface area (Å²) in [6.07, 6.45) is 0. The molecule has 0 bridgehead atoms. The van der Waals surface area contributed by atoms with Crippen LogP contribution in [-0.2, 0) is 0 Å². The number of fused-ring (bicyclic) bond motifs is 6. The molecule has 214 valence electrons. The van der Waals surface area contributed by atoms with E-state index in [9.17, 15) is 5.26 Å². The van der Waals surface area contributed by atoms with Gasteiger partial charge in [-0.15, -0.1) is 0 Å². The van der Waals surface area contributed by atoms with Crippen molar-refractivity contribution in [1.82, 2.24) is 4.57 Å². The Morgan fingerprint density at radius 3 is 1.78 bits per heavy atom. The summed E-state index contributed by atoms with van der Waals surface area (Å²) >= 11 is 0. The minimum atomic E-state index is 0.130. The molecule has 0 fully saturated rings. The average molecular weight is 585 g/mol. The van der Waals surface area contributed by atoms with Crippen LogP contribution in [0.15, 0.2) is 164 Å². The first-order valence-electron chi connectivity index (χ1n) is 15.7. The van der Waals surface area contributed by atoms with E-state index in [0.717, 1.165) is 11.3 Å². The van der Waals surface area contributed by atoms with Gasteiger partial charge in [-0.05, 0) is 92.5 Å². The minimum Gasteiger partial charge on any atom is -0.309 e. The monoisotopic (exact) mass is 584 g/mol. The topological polar surface area (TPSA) is 28.7 Å². The van der Waals surface area contributed by atoms with Gasteiger partial charge in [-0.3, -0.25) is 0 Å². The van der Waals surface area contributed by atoms with Crippen LogP contribution < -0.4 is 0 Å². The Morgan fingerprint density at radius 2 is 1.04 bits per heavy atom. The summed E-state index contributed by atoms with van der Waals surface area (Å²) in [7, 11) is 0. The fourth-order valence-electron chi connectivity index (χ4n) is 7.43. The van der Waals surface area contributed by atoms with Crippen molar-refractivity contribution in [2.24, 2.45) is 0 Å². The lowest BCUT2D eigenvalue weighted by molar-refractivity contribution is 1.02. The van der Waals surface area contributed by atoms with Crippen molar-refractivity contribution in [2.45, 2.75) is 5.92 Å². The van der Waals surface area contributed by atoms with Crippen molar-refractivity contribution in [3.05, 3.63) is 186 Å². The van der Waals surface area contributed by atoms with E-state index in [1.54, 1.807) is 0 Å². The lowest BCUT2D eigenvalue weighted by Gasteiger charge is -2.16. The first-order valence-corrected chi connectivity index (χ1v) is 15.7. The van der Waals surface area contributed by atoms with Crippen LogP contribution in [0.5, 0.6) is 0 Å². The molecule has 9 rings (SSSR count). The fourth-order valence-corrected chi connectivity index (χ4v) is 7.43. The SMILES string of the molecule is N#Cc1ccc2c(c1)-c1ccccc1C2c1cccc(-c2cccc(-c3cccc(-n4c5ccccc5c5ccccc54)c3)c2)c1. The van der Waals surface area contributed by atoms with Crippen LogP contribution in [0.2, 0.25) is 0 Å². The second-order valence-corrected chi connectivity index (χ2v) is 12.1. The van der Waals surface area contributed by atoms with Gasteiger partial charge in [0.2, 0.25) is 0 Å². The van der Waals surface area contributed by atoms with E-state index in [1.807, 2.05) is 12.1 Å². The Hall–Kier alpha value is -6.17. The van der Waals surface area contributed by atoms with E-state index < -0.39 is 0 Å². The van der Waals surface area contributed by atoms with Gasteiger partial charge in [0.25, 0.3) is 0 Å². The summed E-state index contributed by atoms with van der Waals surface area (Å²) in [5.74, 6) is 0.130. The van der Waals surface area contributed by atoms with Crippen LogP contribution in [0, 0.1) is 11.3 Å². The molecule has 0 saturated carbocycles. The predicted molar refractivity (Wildman–Crippen MR) is 189 cm³/mol. The van der Waals surface area contributed by atoms with E-state index in [4.69, 9.17) is 0 Å². The Bertz CT molecular complexity index is 2450. The maximum atomic E-state index is 9.56. The van der Waals surface area contributed by atoms with Crippen LogP contribution >= 0.6 is 0 Å². The van der Waals surface area contributed by atoms with Gasteiger partial charge in [0, 0.05) is 22.4 Å². The molecule has 46 heavy (non-hydrogen) atoms. The highest BCUT2D eigenvalue weighted by Gasteiger charge is 2.30. The molecule has 1 heterocycles. The predicted octanol–water partition coefficient (Wildman–Crippen LogP) is 11.1. The summed E-state index contributed by atoms with van der Waals surface area (Å²) in [5, 5.41) is 12.1. The van der Waals surface area contributed by atoms with Crippen molar-refractivity contribution >= 4 is 21.8 Å². The molecule has 2 heteroatoms. The standard InChI is InChI=1S/C44H28N2/c45-28-29-22-23-40-41(24-29)36-16-1-2-19-39(36)44(40)34-14-8-12-32(26-34)30-10-7-11-31(25-30)33-13-9-15-35(27-33)46-42-20-5-3-17-37(42)38-18-4-6-21-43(38)46/h1-27,44H. The van der Waals surface area contributed by atoms with E-state index in [1.165, 1.54) is 66.3 Å². The number of nitrogens with zero attached hydrogens (tertiary/aromatic N) is 2. The maximum absolute atomic E-state index is 9.56. The van der Waals surface area contributed by atoms with Gasteiger partial charge in [0.15, 0.2) is 0 Å². The van der Waals surface area contributed by atoms with E-state index in [-0.39, 0.29) is 5.92 Å². The molecule has 0 radical (unpaired) electrons. The largest absolute Gasteiger partial charge is 0.309 e. The normalized spacial score (nSPS) is 13.4. The lowest BCUT2D eigenvalue weighted by atomic mass is 9.87. The van der Waals surface area contributed by atoms with Gasteiger partial charge < -0.3 is 4.57 Å². The summed E-state index contributed by atoms with van der Waals surface area (Å²) in [5.41, 5.74) is 15.2. The van der Waals surface area contributed by atoms with Crippen molar-refractivity contribution in [1.29, 1.82) is 5.26 Å². The third-order valence-electron chi connectivity index (χ3n) is 9.49. The van der Waals surface area contributed by atoms with Gasteiger partial charge in [-0.25, -0.2) is 0 Å². The molecule has 8 aromatic rings. The Morgan fingerprint density at radius 1 is 0.457 bits per heavy atom. The number of hydrogen-bond donors (Lipinski definition) is 0. The van der Waals surface area contributed by atoms with Gasteiger partial charge in [0.05, 0.1) is 22.7 Å². The molecular weight excluding hydrogens is 556 g/mol. The Labute approximate surface area is 268 Å². The fraction of sp³-hybridized carbons (Fsp3) is 0.0227. The van der Waals surface area contributed by atoms with E-state index >= 15 is 0 Å². The molecule has 1 unspecified atom stereocenters. The highest BCUT2D eigenvalue weighted by molar-refractivity contribution is 6.09. The molecule has 0 spiro atoms. The van der Waals surface area contributed by atoms with Crippen molar-refractivity contribution in [2.75, 3.05) is 0 Å². The molecule has 0 amide bonds. The van der Waals surface area contributed by atoms with Crippen LogP contribution in [0.25, 0.3) is 60.9 Å². The van der Waals surface area contributed by atoms with E-state index in [0.29, 0.717) is 5.56 Å². The number of nitriles is 1. The summed E-state index contributed by atoms with van der Waals surface area (Å²) in [6, 6.07) is 61.0. The Kier molecular flexibility index (Phi) is 5.98. The van der Waals surface area contributed by atoms with Gasteiger partial charge >= 0.3 is 0 Å². The third kappa shape index (κ3) is 4.10. The van der Waals surface area contributed by atoms with Crippen LogP contribution in [0.1, 0.15) is 28.2 Å². The average Bonchev–Trinajstić information content (AvgIpc) is 3.64. The Balaban J connectivity index is 1.12. The molecular formula is C44H28N2. The number of benzene rings is 7. The van der Waals surface area contributed by atoms with E-state index in [2.05, 4.69) is 162 Å². The van der Waals surface area contributed by atoms with Crippen molar-refractivity contribution < 1.29 is 0 Å². The molecule has 1 aliphatic carbocycles. The first kappa shape index (κ1) is 26.3. The smallest absolute Gasteiger partial charge is 0.0991 e. The minimum absolute atomic E-state index is 0.130. The molecule has 1 aliphatic rings. The van der Waals surface area contributed by atoms with Gasteiger partial charge in [0.1, 0.15) is 0 Å². The highest BCUT2D eigenvalue weighted by Crippen LogP contribution is 2.48. The maximum Gasteiger partial charge on any atom is 0.0991 e. The first-order chi connectivity index (χ1) is 22.8. The summed E-state index contributed by atoms with van der Waals surface area (Å²) in [6.45, 7) is 0. The summed E-state index contributed by atoms with van der Waals surface area (Å²) < 4.78 is 2.37. The number of rotatable bonds is 4. The molecule has 1 aromatic heterocycles. The quantitative estimate of drug-likeness (QED) is 0.202. The zero-order valence-corrected chi connectivity index (χ0v) is 25.1. The van der Waals surface area contributed by atoms with Crippen LogP contribution in [0.4, 0.5) is 0 Å². The second kappa shape index (κ2) is 10.5. The third-order valence-corrected chi connectivity index (χ3v) is 9.49. The van der Waals surface area contributed by atoms with Gasteiger partial charge in [-0.2, -0.15) is 5.26 Å². The zero-order chi connectivity index (χ0) is 30.6. The zero-order valence-electron chi connectivity index (χ0n) is 25.1. The number of hydrogen-bond acceptors (Lipinski definition) is 1. The molecule has 0 saturated heterocycles. The summed E-state index contributed by atoms with van der Waals surface area (Å²) in [4.78, 5) is 0. The van der Waals surface area contributed by atoms with Crippen LogP contribution in [0.3, 0.4) is 0 Å². The lowest BCUT2D eigenvalue weighted by Crippen LogP contribution is -1.99. The molecule has 1 atom stereocenters. The number of para-hydroxylation sites is 2. The van der Waals surface area contributed by atoms with Crippen LogP contribution in [-0.4, -0.2) is 4.57 Å². The number of aromatic nitrogens is 1. The molecule has 0 N–H and O–H groups in total. The van der Waals surface area contributed by atoms with Crippen molar-refractivity contribution in [3.8, 4) is 45.1 Å². The molecule has 2 nitrogen and oxygen atoms in total. The molecule has 7 aromatic carbocycles. The molecule has 0 aliphatic heterocycles. The second-order valence-electron chi connectivity index (χ2n) is 12.1. The van der Waals surface area contributed by atoms with Gasteiger partial charge in [-0.1, -0.05) is 121 Å². The highest BCUT2D eigenvalue weighted by atomic mass is 15.0. The van der Waals surface area contributed by atoms with Crippen molar-refractivity contribution in [3.63, 3.8) is 0 Å².